The normalized spacial score (nSPS) is 14.3. The molecule has 0 saturated carbocycles. The Balaban J connectivity index is 1.72. The van der Waals surface area contributed by atoms with Gasteiger partial charge in [0.1, 0.15) is 28.9 Å². The number of tetrazole rings is 1. The maximum absolute atomic E-state index is 15.0. The van der Waals surface area contributed by atoms with E-state index >= 15 is 0 Å². The van der Waals surface area contributed by atoms with Crippen molar-refractivity contribution in [2.45, 2.75) is 6.92 Å². The summed E-state index contributed by atoms with van der Waals surface area (Å²) in [6.45, 7) is 3.31. The van der Waals surface area contributed by atoms with Gasteiger partial charge in [-0.25, -0.2) is 14.2 Å². The minimum atomic E-state index is -0.658. The summed E-state index contributed by atoms with van der Waals surface area (Å²) in [6, 6.07) is 4.48. The summed E-state index contributed by atoms with van der Waals surface area (Å²) in [5.41, 5.74) is -0.314. The van der Waals surface area contributed by atoms with E-state index in [0.29, 0.717) is 13.2 Å². The van der Waals surface area contributed by atoms with Gasteiger partial charge in [0, 0.05) is 25.6 Å². The largest absolute Gasteiger partial charge is 0.490 e. The number of aryl methyl sites for hydroxylation is 1. The lowest BCUT2D eigenvalue weighted by atomic mass is 9.90. The van der Waals surface area contributed by atoms with Crippen molar-refractivity contribution in [1.82, 2.24) is 29.8 Å². The highest BCUT2D eigenvalue weighted by Crippen LogP contribution is 2.33. The van der Waals surface area contributed by atoms with Crippen LogP contribution in [-0.2, 0) is 11.8 Å². The monoisotopic (exact) mass is 441 g/mol. The number of hydrogen-bond acceptors (Lipinski definition) is 10. The standard InChI is InChI=1S/C19H20FN9O3/c1-19(8-31-9-19)10-32-15-4-12(20)13(5-14(15)29-18(30)28(3)26-27-29)24-17-23-7-11(6-21)16(22-2)25-17/h4-5,7H,8-10H2,1-3H3,(H2,22,23,24,25). The second kappa shape index (κ2) is 8.23. The van der Waals surface area contributed by atoms with Gasteiger partial charge in [-0.1, -0.05) is 6.92 Å². The molecule has 1 aromatic carbocycles. The molecule has 1 aliphatic rings. The van der Waals surface area contributed by atoms with Crippen molar-refractivity contribution >= 4 is 17.5 Å². The van der Waals surface area contributed by atoms with Crippen molar-refractivity contribution in [3.8, 4) is 17.5 Å². The average Bonchev–Trinajstić information content (AvgIpc) is 3.10. The maximum Gasteiger partial charge on any atom is 0.368 e. The minimum absolute atomic E-state index is 0.0187. The maximum atomic E-state index is 15.0. The number of ether oxygens (including phenoxy) is 2. The van der Waals surface area contributed by atoms with Crippen LogP contribution < -0.4 is 21.1 Å². The van der Waals surface area contributed by atoms with Gasteiger partial charge in [0.25, 0.3) is 0 Å². The van der Waals surface area contributed by atoms with Gasteiger partial charge in [0.15, 0.2) is 5.82 Å². The van der Waals surface area contributed by atoms with Crippen molar-refractivity contribution in [2.75, 3.05) is 37.5 Å². The molecule has 0 amide bonds. The van der Waals surface area contributed by atoms with E-state index in [1.165, 1.54) is 19.3 Å². The lowest BCUT2D eigenvalue weighted by molar-refractivity contribution is -0.120. The van der Waals surface area contributed by atoms with Crippen LogP contribution >= 0.6 is 0 Å². The van der Waals surface area contributed by atoms with E-state index in [0.717, 1.165) is 15.4 Å². The molecule has 0 bridgehead atoms. The van der Waals surface area contributed by atoms with Gasteiger partial charge in [-0.2, -0.15) is 19.6 Å². The van der Waals surface area contributed by atoms with Crippen LogP contribution in [0.4, 0.5) is 21.8 Å². The van der Waals surface area contributed by atoms with Crippen LogP contribution in [0.3, 0.4) is 0 Å². The fourth-order valence-corrected chi connectivity index (χ4v) is 3.01. The van der Waals surface area contributed by atoms with E-state index in [1.54, 1.807) is 7.05 Å². The lowest BCUT2D eigenvalue weighted by Crippen LogP contribution is -2.44. The van der Waals surface area contributed by atoms with Crippen LogP contribution in [0.15, 0.2) is 23.1 Å². The van der Waals surface area contributed by atoms with E-state index in [-0.39, 0.29) is 46.5 Å². The van der Waals surface area contributed by atoms with Gasteiger partial charge < -0.3 is 20.1 Å². The first-order chi connectivity index (χ1) is 15.3. The zero-order chi connectivity index (χ0) is 22.9. The molecule has 0 aliphatic carbocycles. The third-order valence-corrected chi connectivity index (χ3v) is 4.87. The number of nitrogens with zero attached hydrogens (tertiary/aromatic N) is 7. The van der Waals surface area contributed by atoms with Crippen molar-refractivity contribution in [3.05, 3.63) is 40.2 Å². The molecule has 1 aliphatic heterocycles. The number of halogens is 1. The topological polar surface area (TPSA) is 145 Å². The molecular formula is C19H20FN9O3. The summed E-state index contributed by atoms with van der Waals surface area (Å²) in [6.07, 6.45) is 1.31. The molecule has 166 valence electrons. The molecule has 2 aromatic heterocycles. The van der Waals surface area contributed by atoms with Crippen molar-refractivity contribution in [2.24, 2.45) is 12.5 Å². The number of rotatable bonds is 7. The first-order valence-electron chi connectivity index (χ1n) is 9.59. The van der Waals surface area contributed by atoms with Gasteiger partial charge in [-0.15, -0.1) is 0 Å². The molecule has 0 atom stereocenters. The Labute approximate surface area is 181 Å². The molecule has 2 N–H and O–H groups in total. The highest BCUT2D eigenvalue weighted by atomic mass is 19.1. The summed E-state index contributed by atoms with van der Waals surface area (Å²) in [7, 11) is 3.05. The average molecular weight is 441 g/mol. The summed E-state index contributed by atoms with van der Waals surface area (Å²) < 4.78 is 28.1. The molecule has 0 radical (unpaired) electrons. The molecule has 3 aromatic rings. The van der Waals surface area contributed by atoms with E-state index in [2.05, 4.69) is 31.0 Å². The first kappa shape index (κ1) is 21.2. The molecule has 1 fully saturated rings. The zero-order valence-electron chi connectivity index (χ0n) is 17.6. The van der Waals surface area contributed by atoms with Gasteiger partial charge in [0.2, 0.25) is 5.95 Å². The summed E-state index contributed by atoms with van der Waals surface area (Å²) in [5, 5.41) is 22.2. The van der Waals surface area contributed by atoms with Crippen LogP contribution in [0.1, 0.15) is 12.5 Å². The lowest BCUT2D eigenvalue weighted by Gasteiger charge is -2.37. The molecule has 3 heterocycles. The molecule has 1 saturated heterocycles. The highest BCUT2D eigenvalue weighted by molar-refractivity contribution is 5.64. The predicted molar refractivity (Wildman–Crippen MR) is 111 cm³/mol. The second-order valence-electron chi connectivity index (χ2n) is 7.63. The number of aromatic nitrogens is 6. The Morgan fingerprint density at radius 3 is 2.75 bits per heavy atom. The molecular weight excluding hydrogens is 421 g/mol. The van der Waals surface area contributed by atoms with Crippen LogP contribution in [0, 0.1) is 22.6 Å². The van der Waals surface area contributed by atoms with Crippen LogP contribution in [-0.4, -0.2) is 56.6 Å². The Morgan fingerprint density at radius 1 is 1.38 bits per heavy atom. The predicted octanol–water partition coefficient (Wildman–Crippen LogP) is 0.967. The fraction of sp³-hybridized carbons (Fsp3) is 0.368. The summed E-state index contributed by atoms with van der Waals surface area (Å²) >= 11 is 0. The van der Waals surface area contributed by atoms with Gasteiger partial charge >= 0.3 is 5.69 Å². The van der Waals surface area contributed by atoms with Crippen molar-refractivity contribution in [3.63, 3.8) is 0 Å². The second-order valence-corrected chi connectivity index (χ2v) is 7.63. The van der Waals surface area contributed by atoms with E-state index < -0.39 is 11.5 Å². The number of hydrogen-bond donors (Lipinski definition) is 2. The molecule has 0 unspecified atom stereocenters. The quantitative estimate of drug-likeness (QED) is 0.544. The third-order valence-electron chi connectivity index (χ3n) is 4.87. The van der Waals surface area contributed by atoms with Gasteiger partial charge in [0.05, 0.1) is 31.7 Å². The summed E-state index contributed by atoms with van der Waals surface area (Å²) in [4.78, 5) is 20.6. The molecule has 13 heteroatoms. The Morgan fingerprint density at radius 2 is 2.16 bits per heavy atom. The number of nitriles is 1. The van der Waals surface area contributed by atoms with Gasteiger partial charge in [-0.3, -0.25) is 0 Å². The van der Waals surface area contributed by atoms with E-state index in [9.17, 15) is 9.18 Å². The highest BCUT2D eigenvalue weighted by Gasteiger charge is 2.34. The van der Waals surface area contributed by atoms with Crippen LogP contribution in [0.2, 0.25) is 0 Å². The summed E-state index contributed by atoms with van der Waals surface area (Å²) in [5.74, 6) is -0.195. The Bertz CT molecular complexity index is 1260. The van der Waals surface area contributed by atoms with E-state index in [4.69, 9.17) is 14.7 Å². The SMILES string of the molecule is CNc1nc(Nc2cc(-n3nnn(C)c3=O)c(OCC3(C)COC3)cc2F)ncc1C#N. The number of anilines is 3. The first-order valence-corrected chi connectivity index (χ1v) is 9.59. The van der Waals surface area contributed by atoms with Crippen LogP contribution in [0.25, 0.3) is 5.69 Å². The molecule has 32 heavy (non-hydrogen) atoms. The smallest absolute Gasteiger partial charge is 0.368 e. The Hall–Kier alpha value is -4.05. The number of nitrogens with one attached hydrogen (secondary N) is 2. The number of benzene rings is 1. The zero-order valence-corrected chi connectivity index (χ0v) is 17.6. The molecule has 12 nitrogen and oxygen atoms in total. The van der Waals surface area contributed by atoms with Crippen LogP contribution in [0.5, 0.6) is 5.75 Å². The van der Waals surface area contributed by atoms with E-state index in [1.807, 2.05) is 13.0 Å². The van der Waals surface area contributed by atoms with Crippen molar-refractivity contribution < 1.29 is 13.9 Å². The minimum Gasteiger partial charge on any atom is -0.490 e. The fourth-order valence-electron chi connectivity index (χ4n) is 3.01. The molecule has 0 spiro atoms. The van der Waals surface area contributed by atoms with Crippen molar-refractivity contribution in [1.29, 1.82) is 5.26 Å². The Kier molecular flexibility index (Phi) is 5.45. The van der Waals surface area contributed by atoms with Gasteiger partial charge in [-0.05, 0) is 16.5 Å². The molecule has 4 rings (SSSR count). The third kappa shape index (κ3) is 3.95.